The van der Waals surface area contributed by atoms with Gasteiger partial charge in [0.2, 0.25) is 0 Å². The van der Waals surface area contributed by atoms with Crippen molar-refractivity contribution in [3.8, 4) is 22.6 Å². The molecule has 0 spiro atoms. The van der Waals surface area contributed by atoms with Gasteiger partial charge in [0.05, 0.1) is 12.2 Å². The van der Waals surface area contributed by atoms with Crippen molar-refractivity contribution in [3.63, 3.8) is 0 Å². The summed E-state index contributed by atoms with van der Waals surface area (Å²) in [5.74, 6) is -1.64. The maximum absolute atomic E-state index is 14.0. The molecule has 2 heterocycles. The molecule has 1 unspecified atom stereocenters. The van der Waals surface area contributed by atoms with Crippen LogP contribution in [0.2, 0.25) is 0 Å². The number of nitrogens with zero attached hydrogens (tertiary/aromatic N) is 7. The lowest BCUT2D eigenvalue weighted by Crippen LogP contribution is -2.46. The van der Waals surface area contributed by atoms with Crippen LogP contribution in [0.1, 0.15) is 48.3 Å². The average molecular weight is 662 g/mol. The SMILES string of the molecule is CN=C(N)N(C(=O)c1ccc(-c2cnn(C(F)F)c2)cc1)C(COC(=O)NC1(C)CC1)c1ccc(OC(F)(F)F)c(-n2cncn2)c1. The zero-order chi connectivity index (χ0) is 33.9. The Morgan fingerprint density at radius 2 is 1.85 bits per heavy atom. The number of aliphatic imine (C=N–C) groups is 1. The first-order valence-corrected chi connectivity index (χ1v) is 13.9. The highest BCUT2D eigenvalue weighted by molar-refractivity contribution is 6.06. The molecule has 0 radical (unpaired) electrons. The number of amides is 2. The third-order valence-corrected chi connectivity index (χ3v) is 7.31. The van der Waals surface area contributed by atoms with Gasteiger partial charge in [-0.15, -0.1) is 13.2 Å². The predicted octanol–water partition coefficient (Wildman–Crippen LogP) is 4.83. The van der Waals surface area contributed by atoms with Crippen LogP contribution in [0.3, 0.4) is 0 Å². The quantitative estimate of drug-likeness (QED) is 0.139. The van der Waals surface area contributed by atoms with Crippen LogP contribution in [0.25, 0.3) is 16.8 Å². The maximum Gasteiger partial charge on any atom is 0.573 e. The van der Waals surface area contributed by atoms with Gasteiger partial charge >= 0.3 is 19.0 Å². The van der Waals surface area contributed by atoms with Crippen molar-refractivity contribution < 1.29 is 41.0 Å². The summed E-state index contributed by atoms with van der Waals surface area (Å²) in [6.45, 7) is -1.50. The lowest BCUT2D eigenvalue weighted by atomic mass is 10.0. The summed E-state index contributed by atoms with van der Waals surface area (Å²) in [5.41, 5.74) is 6.71. The predicted molar refractivity (Wildman–Crippen MR) is 156 cm³/mol. The fourth-order valence-electron chi connectivity index (χ4n) is 4.58. The van der Waals surface area contributed by atoms with Crippen LogP contribution in [-0.4, -0.2) is 73.0 Å². The Labute approximate surface area is 263 Å². The molecule has 3 N–H and O–H groups in total. The number of nitrogens with one attached hydrogen (secondary N) is 1. The fourth-order valence-corrected chi connectivity index (χ4v) is 4.58. The van der Waals surface area contributed by atoms with Crippen LogP contribution in [0.5, 0.6) is 5.75 Å². The van der Waals surface area contributed by atoms with Crippen molar-refractivity contribution in [2.45, 2.75) is 44.3 Å². The summed E-state index contributed by atoms with van der Waals surface area (Å²) in [7, 11) is 1.32. The third-order valence-electron chi connectivity index (χ3n) is 7.31. The van der Waals surface area contributed by atoms with Crippen LogP contribution >= 0.6 is 0 Å². The number of aromatic nitrogens is 5. The van der Waals surface area contributed by atoms with Gasteiger partial charge in [0.25, 0.3) is 5.91 Å². The first-order valence-electron chi connectivity index (χ1n) is 13.9. The van der Waals surface area contributed by atoms with Crippen molar-refractivity contribution in [1.29, 1.82) is 0 Å². The topological polar surface area (TPSA) is 155 Å². The summed E-state index contributed by atoms with van der Waals surface area (Å²) < 4.78 is 77.0. The van der Waals surface area contributed by atoms with E-state index in [1.807, 2.05) is 6.92 Å². The molecular weight excluding hydrogens is 633 g/mol. The zero-order valence-electron chi connectivity index (χ0n) is 24.9. The highest BCUT2D eigenvalue weighted by Crippen LogP contribution is 2.35. The molecule has 2 aromatic carbocycles. The van der Waals surface area contributed by atoms with Crippen LogP contribution in [0.15, 0.2) is 72.5 Å². The molecule has 0 aliphatic heterocycles. The molecule has 248 valence electrons. The number of carbonyl (C=O) groups is 2. The first-order chi connectivity index (χ1) is 22.3. The zero-order valence-corrected chi connectivity index (χ0v) is 24.9. The number of hydrogen-bond acceptors (Lipinski definition) is 8. The highest BCUT2D eigenvalue weighted by Gasteiger charge is 2.40. The Kier molecular flexibility index (Phi) is 9.12. The van der Waals surface area contributed by atoms with Gasteiger partial charge in [0.1, 0.15) is 24.9 Å². The molecule has 0 saturated heterocycles. The van der Waals surface area contributed by atoms with E-state index in [2.05, 4.69) is 30.2 Å². The smallest absolute Gasteiger partial charge is 0.447 e. The molecular formula is C29H28F5N9O4. The third kappa shape index (κ3) is 7.82. The standard InChI is InChI=1S/C29H28F5N9O4/c1-28(9-10-28)40-27(45)46-14-22(19-7-8-23(47-29(32,33)34)21(11-19)42-16-37-15-39-42)43(26(35)36-2)24(44)18-5-3-17(4-6-18)20-12-38-41(13-20)25(30)31/h3-8,11-13,15-16,22,25H,9-10,14H2,1-2H3,(H2,35,36)(H,40,45). The second kappa shape index (κ2) is 13.1. The Hall–Kier alpha value is -5.55. The normalized spacial score (nSPS) is 14.9. The lowest BCUT2D eigenvalue weighted by Gasteiger charge is -2.31. The molecule has 2 amide bonds. The van der Waals surface area contributed by atoms with E-state index in [1.54, 1.807) is 0 Å². The Morgan fingerprint density at radius 1 is 1.13 bits per heavy atom. The Bertz CT molecular complexity index is 1750. The van der Waals surface area contributed by atoms with Crippen molar-refractivity contribution in [2.24, 2.45) is 10.7 Å². The van der Waals surface area contributed by atoms with Crippen LogP contribution in [0, 0.1) is 0 Å². The maximum atomic E-state index is 14.0. The van der Waals surface area contributed by atoms with Gasteiger partial charge in [0.15, 0.2) is 11.7 Å². The van der Waals surface area contributed by atoms with Crippen LogP contribution in [0.4, 0.5) is 26.7 Å². The van der Waals surface area contributed by atoms with Gasteiger partial charge in [-0.3, -0.25) is 14.7 Å². The minimum absolute atomic E-state index is 0.0788. The number of nitrogens with two attached hydrogens (primary N) is 1. The molecule has 2 aromatic heterocycles. The second-order valence-electron chi connectivity index (χ2n) is 10.7. The molecule has 18 heteroatoms. The molecule has 4 aromatic rings. The average Bonchev–Trinajstić information content (AvgIpc) is 3.41. The van der Waals surface area contributed by atoms with E-state index in [-0.39, 0.29) is 22.8 Å². The fraction of sp³-hybridized carbons (Fsp3) is 0.310. The van der Waals surface area contributed by atoms with E-state index in [0.717, 1.165) is 47.3 Å². The molecule has 1 saturated carbocycles. The summed E-state index contributed by atoms with van der Waals surface area (Å²) >= 11 is 0. The molecule has 1 fully saturated rings. The number of guanidine groups is 1. The summed E-state index contributed by atoms with van der Waals surface area (Å²) in [6.07, 6.45) is 0.311. The summed E-state index contributed by atoms with van der Waals surface area (Å²) in [6, 6.07) is 8.18. The van der Waals surface area contributed by atoms with E-state index in [1.165, 1.54) is 49.6 Å². The summed E-state index contributed by atoms with van der Waals surface area (Å²) in [5, 5.41) is 10.3. The number of benzene rings is 2. The number of alkyl carbamates (subject to hydrolysis) is 1. The van der Waals surface area contributed by atoms with Gasteiger partial charge in [0, 0.05) is 29.9 Å². The molecule has 47 heavy (non-hydrogen) atoms. The van der Waals surface area contributed by atoms with Crippen LogP contribution in [-0.2, 0) is 4.74 Å². The van der Waals surface area contributed by atoms with Gasteiger partial charge in [-0.1, -0.05) is 18.2 Å². The molecule has 1 aliphatic rings. The van der Waals surface area contributed by atoms with Gasteiger partial charge in [-0.2, -0.15) is 19.0 Å². The second-order valence-corrected chi connectivity index (χ2v) is 10.7. The van der Waals surface area contributed by atoms with Crippen molar-refractivity contribution >= 4 is 18.0 Å². The molecule has 0 bridgehead atoms. The van der Waals surface area contributed by atoms with Gasteiger partial charge in [-0.05, 0) is 55.2 Å². The van der Waals surface area contributed by atoms with Crippen LogP contribution < -0.4 is 15.8 Å². The number of ether oxygens (including phenoxy) is 2. The van der Waals surface area contributed by atoms with E-state index in [4.69, 9.17) is 10.5 Å². The monoisotopic (exact) mass is 661 g/mol. The van der Waals surface area contributed by atoms with Crippen molar-refractivity contribution in [2.75, 3.05) is 13.7 Å². The highest BCUT2D eigenvalue weighted by atomic mass is 19.4. The minimum Gasteiger partial charge on any atom is -0.447 e. The number of hydrogen-bond donors (Lipinski definition) is 2. The molecule has 1 atom stereocenters. The molecule has 5 rings (SSSR count). The van der Waals surface area contributed by atoms with E-state index in [9.17, 15) is 31.5 Å². The number of carbonyl (C=O) groups excluding carboxylic acids is 2. The van der Waals surface area contributed by atoms with Gasteiger partial charge in [-0.25, -0.2) is 19.1 Å². The van der Waals surface area contributed by atoms with Crippen molar-refractivity contribution in [1.82, 2.24) is 34.8 Å². The van der Waals surface area contributed by atoms with E-state index < -0.39 is 48.8 Å². The Balaban J connectivity index is 1.53. The number of rotatable bonds is 10. The summed E-state index contributed by atoms with van der Waals surface area (Å²) in [4.78, 5) is 35.5. The lowest BCUT2D eigenvalue weighted by molar-refractivity contribution is -0.274. The van der Waals surface area contributed by atoms with Crippen molar-refractivity contribution in [3.05, 3.63) is 78.6 Å². The molecule has 13 nitrogen and oxygen atoms in total. The number of halogens is 5. The molecule has 1 aliphatic carbocycles. The van der Waals surface area contributed by atoms with Gasteiger partial charge < -0.3 is 20.5 Å². The van der Waals surface area contributed by atoms with E-state index in [0.29, 0.717) is 15.8 Å². The first kappa shape index (κ1) is 32.8. The number of alkyl halides is 5. The van der Waals surface area contributed by atoms with E-state index >= 15 is 0 Å². The Morgan fingerprint density at radius 3 is 2.43 bits per heavy atom. The largest absolute Gasteiger partial charge is 0.573 e. The minimum atomic E-state index is -5.04.